The Labute approximate surface area is 84.4 Å². The van der Waals surface area contributed by atoms with Crippen molar-refractivity contribution in [3.63, 3.8) is 0 Å². The Kier molecular flexibility index (Phi) is 4.89. The zero-order valence-corrected chi connectivity index (χ0v) is 9.25. The molecule has 1 heterocycles. The molecule has 0 saturated heterocycles. The summed E-state index contributed by atoms with van der Waals surface area (Å²) in [5.41, 5.74) is -1.34. The zero-order valence-electron chi connectivity index (χ0n) is 9.25. The third-order valence-corrected chi connectivity index (χ3v) is 1.31. The van der Waals surface area contributed by atoms with Gasteiger partial charge in [-0.1, -0.05) is 19.8 Å². The topological polar surface area (TPSA) is 59.2 Å². The first-order valence-corrected chi connectivity index (χ1v) is 4.53. The van der Waals surface area contributed by atoms with Crippen LogP contribution in [0.15, 0.2) is 4.42 Å². The van der Waals surface area contributed by atoms with Crippen molar-refractivity contribution in [2.45, 2.75) is 40.2 Å². The van der Waals surface area contributed by atoms with Crippen molar-refractivity contribution in [3.05, 3.63) is 11.8 Å². The minimum absolute atomic E-state index is 0.134. The number of aliphatic hydroxyl groups is 1. The number of hydrogen-bond acceptors (Lipinski definition) is 4. The quantitative estimate of drug-likeness (QED) is 0.693. The van der Waals surface area contributed by atoms with Crippen LogP contribution in [0, 0.1) is 18.8 Å². The van der Waals surface area contributed by atoms with Crippen molar-refractivity contribution < 1.29 is 9.52 Å². The Hall–Kier alpha value is -1.34. The first kappa shape index (κ1) is 12.7. The first-order chi connectivity index (χ1) is 6.56. The molecule has 0 aliphatic rings. The van der Waals surface area contributed by atoms with Gasteiger partial charge in [-0.3, -0.25) is 0 Å². The van der Waals surface area contributed by atoms with Gasteiger partial charge in [-0.05, 0) is 13.8 Å². The van der Waals surface area contributed by atoms with Crippen LogP contribution in [-0.4, -0.2) is 15.3 Å². The highest BCUT2D eigenvalue weighted by Gasteiger charge is 2.26. The van der Waals surface area contributed by atoms with Crippen LogP contribution < -0.4 is 0 Å². The third kappa shape index (κ3) is 3.19. The predicted molar refractivity (Wildman–Crippen MR) is 53.4 cm³/mol. The molecule has 78 valence electrons. The molecule has 0 spiro atoms. The van der Waals surface area contributed by atoms with Crippen LogP contribution in [0.5, 0.6) is 0 Å². The summed E-state index contributed by atoms with van der Waals surface area (Å²) in [6.07, 6.45) is 0. The predicted octanol–water partition coefficient (Wildman–Crippen LogP) is 1.64. The summed E-state index contributed by atoms with van der Waals surface area (Å²) < 4.78 is 5.03. The van der Waals surface area contributed by atoms with Gasteiger partial charge in [0.25, 0.3) is 5.89 Å². The maximum atomic E-state index is 9.63. The van der Waals surface area contributed by atoms with E-state index in [-0.39, 0.29) is 5.89 Å². The molecule has 1 aromatic rings. The Morgan fingerprint density at radius 3 is 2.29 bits per heavy atom. The summed E-state index contributed by atoms with van der Waals surface area (Å²) in [6.45, 7) is 8.81. The van der Waals surface area contributed by atoms with Crippen molar-refractivity contribution >= 4 is 0 Å². The van der Waals surface area contributed by atoms with Crippen molar-refractivity contribution in [2.24, 2.45) is 0 Å². The monoisotopic (exact) mass is 196 g/mol. The van der Waals surface area contributed by atoms with Gasteiger partial charge in [0.15, 0.2) is 0 Å². The molecule has 14 heavy (non-hydrogen) atoms. The van der Waals surface area contributed by atoms with E-state index < -0.39 is 5.60 Å². The molecule has 1 N–H and O–H groups in total. The van der Waals surface area contributed by atoms with Crippen LogP contribution in [-0.2, 0) is 5.60 Å². The number of aryl methyl sites for hydroxylation is 1. The average molecular weight is 196 g/mol. The lowest BCUT2D eigenvalue weighted by molar-refractivity contribution is 0.0881. The number of nitrogens with zero attached hydrogens (tertiary/aromatic N) is 2. The van der Waals surface area contributed by atoms with E-state index in [1.165, 1.54) is 6.92 Å². The maximum absolute atomic E-state index is 9.63. The average Bonchev–Trinajstić information content (AvgIpc) is 2.56. The Balaban J connectivity index is 0.000000791. The van der Waals surface area contributed by atoms with Crippen LogP contribution in [0.1, 0.15) is 39.5 Å². The van der Waals surface area contributed by atoms with E-state index in [0.717, 1.165) is 0 Å². The summed E-state index contributed by atoms with van der Waals surface area (Å²) in [5, 5.41) is 16.9. The van der Waals surface area contributed by atoms with E-state index in [2.05, 4.69) is 22.0 Å². The lowest BCUT2D eigenvalue weighted by atomic mass is 10.1. The van der Waals surface area contributed by atoms with E-state index in [1.54, 1.807) is 13.8 Å². The van der Waals surface area contributed by atoms with Gasteiger partial charge in [0.05, 0.1) is 0 Å². The minimum atomic E-state index is -1.34. The van der Waals surface area contributed by atoms with Crippen LogP contribution >= 0.6 is 0 Å². The van der Waals surface area contributed by atoms with Crippen molar-refractivity contribution in [3.8, 4) is 11.8 Å². The van der Waals surface area contributed by atoms with E-state index in [4.69, 9.17) is 4.42 Å². The Morgan fingerprint density at radius 2 is 1.93 bits per heavy atom. The summed E-state index contributed by atoms with van der Waals surface area (Å²) in [7, 11) is 0. The molecule has 1 atom stereocenters. The molecular formula is C10H16N2O2. The molecule has 0 fully saturated rings. The summed E-state index contributed by atoms with van der Waals surface area (Å²) in [5.74, 6) is 5.70. The van der Waals surface area contributed by atoms with E-state index in [1.807, 2.05) is 13.8 Å². The molecule has 1 rings (SSSR count). The second-order valence-corrected chi connectivity index (χ2v) is 2.57. The highest BCUT2D eigenvalue weighted by molar-refractivity contribution is 5.16. The Morgan fingerprint density at radius 1 is 1.36 bits per heavy atom. The van der Waals surface area contributed by atoms with E-state index in [0.29, 0.717) is 5.89 Å². The van der Waals surface area contributed by atoms with Gasteiger partial charge in [0.1, 0.15) is 0 Å². The number of aromatic nitrogens is 2. The van der Waals surface area contributed by atoms with Gasteiger partial charge >= 0.3 is 0 Å². The maximum Gasteiger partial charge on any atom is 0.260 e. The largest absolute Gasteiger partial charge is 0.421 e. The Bertz CT molecular complexity index is 331. The van der Waals surface area contributed by atoms with Gasteiger partial charge in [-0.25, -0.2) is 0 Å². The lowest BCUT2D eigenvalue weighted by Crippen LogP contribution is -2.18. The van der Waals surface area contributed by atoms with Crippen molar-refractivity contribution in [2.75, 3.05) is 0 Å². The van der Waals surface area contributed by atoms with E-state index >= 15 is 0 Å². The molecule has 0 bridgehead atoms. The SMILES string of the molecule is CC.CC#CC(C)(O)c1nnc(C)o1. The summed E-state index contributed by atoms with van der Waals surface area (Å²) in [4.78, 5) is 0. The molecule has 0 aliphatic carbocycles. The second kappa shape index (κ2) is 5.40. The van der Waals surface area contributed by atoms with Gasteiger partial charge in [0.2, 0.25) is 11.5 Å². The lowest BCUT2D eigenvalue weighted by Gasteiger charge is -2.09. The number of hydrogen-bond donors (Lipinski definition) is 1. The molecule has 1 aromatic heterocycles. The van der Waals surface area contributed by atoms with Crippen LogP contribution in [0.2, 0.25) is 0 Å². The molecule has 0 aliphatic heterocycles. The van der Waals surface area contributed by atoms with Crippen LogP contribution in [0.4, 0.5) is 0 Å². The fraction of sp³-hybridized carbons (Fsp3) is 0.600. The summed E-state index contributed by atoms with van der Waals surface area (Å²) in [6, 6.07) is 0. The van der Waals surface area contributed by atoms with Gasteiger partial charge in [-0.15, -0.1) is 16.1 Å². The molecule has 1 unspecified atom stereocenters. The third-order valence-electron chi connectivity index (χ3n) is 1.31. The fourth-order valence-corrected chi connectivity index (χ4v) is 0.790. The standard InChI is InChI=1S/C8H10N2O2.C2H6/c1-4-5-8(3,11)7-10-9-6(2)12-7;1-2/h11H,1-3H3;1-2H3. The number of rotatable bonds is 1. The minimum Gasteiger partial charge on any atom is -0.421 e. The molecule has 0 radical (unpaired) electrons. The highest BCUT2D eigenvalue weighted by Crippen LogP contribution is 2.17. The van der Waals surface area contributed by atoms with Gasteiger partial charge < -0.3 is 9.52 Å². The van der Waals surface area contributed by atoms with Crippen LogP contribution in [0.3, 0.4) is 0 Å². The first-order valence-electron chi connectivity index (χ1n) is 4.53. The van der Waals surface area contributed by atoms with Gasteiger partial charge in [0, 0.05) is 6.92 Å². The van der Waals surface area contributed by atoms with Crippen molar-refractivity contribution in [1.82, 2.24) is 10.2 Å². The van der Waals surface area contributed by atoms with Crippen molar-refractivity contribution in [1.29, 1.82) is 0 Å². The summed E-state index contributed by atoms with van der Waals surface area (Å²) >= 11 is 0. The van der Waals surface area contributed by atoms with Gasteiger partial charge in [-0.2, -0.15) is 0 Å². The molecule has 0 saturated carbocycles. The molecule has 4 nitrogen and oxygen atoms in total. The highest BCUT2D eigenvalue weighted by atomic mass is 16.4. The molecule has 4 heteroatoms. The van der Waals surface area contributed by atoms with E-state index in [9.17, 15) is 5.11 Å². The molecule has 0 amide bonds. The molecular weight excluding hydrogens is 180 g/mol. The second-order valence-electron chi connectivity index (χ2n) is 2.57. The zero-order chi connectivity index (χ0) is 11.2. The normalized spacial score (nSPS) is 13.0. The fourth-order valence-electron chi connectivity index (χ4n) is 0.790. The smallest absolute Gasteiger partial charge is 0.260 e. The van der Waals surface area contributed by atoms with Crippen LogP contribution in [0.25, 0.3) is 0 Å². The molecule has 0 aromatic carbocycles.